The maximum Gasteiger partial charge on any atom is 0.143 e. The Kier molecular flexibility index (Phi) is 8.99. The Balaban J connectivity index is 0.999. The van der Waals surface area contributed by atoms with Crippen LogP contribution in [0.3, 0.4) is 0 Å². The Morgan fingerprint density at radius 1 is 0.250 bits per heavy atom. The summed E-state index contributed by atoms with van der Waals surface area (Å²) in [5.41, 5.74) is 17.2. The molecule has 13 aromatic carbocycles. The maximum absolute atomic E-state index is 7.20. The quantitative estimate of drug-likeness (QED) is 0.152. The number of nitrogens with zero attached hydrogens (tertiary/aromatic N) is 1. The third kappa shape index (κ3) is 6.03. The Morgan fingerprint density at radius 3 is 1.15 bits per heavy atom. The molecule has 0 aliphatic rings. The minimum absolute atomic E-state index is 0.868. The summed E-state index contributed by atoms with van der Waals surface area (Å²) in [5.74, 6) is 0. The standard InChI is InChI=1S/C70H43NO/c1-4-20-44(21-5-1)47-38-40-62-60(42-47)61-43-48(45-22-6-2-7-23-45)39-41-63(61)71(62)69-55-32-16-14-30-53(55)66(54-31-15-17-33-56(54)69)57-34-19-37-64-68(57)59-36-18-35-58(70(59)72-64)67-51-28-12-10-26-49(51)65(46-24-8-3-9-25-46)50-27-11-13-29-52(50)67/h1-43H. The Labute approximate surface area is 415 Å². The predicted molar refractivity (Wildman–Crippen MR) is 305 cm³/mol. The minimum atomic E-state index is 0.868. The van der Waals surface area contributed by atoms with Gasteiger partial charge in [-0.25, -0.2) is 0 Å². The van der Waals surface area contributed by atoms with Gasteiger partial charge in [0.05, 0.1) is 16.7 Å². The van der Waals surface area contributed by atoms with Crippen molar-refractivity contribution in [3.8, 4) is 61.3 Å². The lowest BCUT2D eigenvalue weighted by atomic mass is 9.85. The number of benzene rings is 13. The van der Waals surface area contributed by atoms with Gasteiger partial charge in [0.1, 0.15) is 11.2 Å². The second-order valence-corrected chi connectivity index (χ2v) is 19.0. The van der Waals surface area contributed by atoms with Crippen molar-refractivity contribution in [1.29, 1.82) is 0 Å². The molecule has 72 heavy (non-hydrogen) atoms. The average Bonchev–Trinajstić information content (AvgIpc) is 4.00. The fourth-order valence-electron chi connectivity index (χ4n) is 12.1. The van der Waals surface area contributed by atoms with Gasteiger partial charge in [0, 0.05) is 43.4 Å². The van der Waals surface area contributed by atoms with Crippen LogP contribution in [0.4, 0.5) is 0 Å². The van der Waals surface area contributed by atoms with Gasteiger partial charge in [-0.15, -0.1) is 0 Å². The van der Waals surface area contributed by atoms with Crippen molar-refractivity contribution in [2.75, 3.05) is 0 Å². The summed E-state index contributed by atoms with van der Waals surface area (Å²) in [6, 6.07) is 95.3. The fourth-order valence-corrected chi connectivity index (χ4v) is 12.1. The van der Waals surface area contributed by atoms with Crippen molar-refractivity contribution in [2.24, 2.45) is 0 Å². The second kappa shape index (κ2) is 16.0. The number of hydrogen-bond donors (Lipinski definition) is 0. The number of furan rings is 1. The molecule has 0 aliphatic carbocycles. The molecule has 0 radical (unpaired) electrons. The molecule has 2 heterocycles. The van der Waals surface area contributed by atoms with Crippen molar-refractivity contribution in [1.82, 2.24) is 4.57 Å². The second-order valence-electron chi connectivity index (χ2n) is 19.0. The zero-order valence-electron chi connectivity index (χ0n) is 39.2. The molecule has 334 valence electrons. The average molecular weight is 914 g/mol. The van der Waals surface area contributed by atoms with Crippen molar-refractivity contribution in [2.45, 2.75) is 0 Å². The van der Waals surface area contributed by atoms with Crippen molar-refractivity contribution < 1.29 is 4.42 Å². The summed E-state index contributed by atoms with van der Waals surface area (Å²) < 4.78 is 9.72. The molecule has 2 aromatic heterocycles. The zero-order chi connectivity index (χ0) is 47.3. The summed E-state index contributed by atoms with van der Waals surface area (Å²) in [6.45, 7) is 0. The summed E-state index contributed by atoms with van der Waals surface area (Å²) in [7, 11) is 0. The zero-order valence-corrected chi connectivity index (χ0v) is 39.2. The van der Waals surface area contributed by atoms with Crippen LogP contribution in [0.15, 0.2) is 265 Å². The molecule has 15 aromatic rings. The van der Waals surface area contributed by atoms with Crippen LogP contribution in [-0.4, -0.2) is 4.57 Å². The van der Waals surface area contributed by atoms with E-state index >= 15 is 0 Å². The van der Waals surface area contributed by atoms with Gasteiger partial charge in [-0.05, 0) is 107 Å². The molecule has 0 saturated heterocycles. The molecule has 15 rings (SSSR count). The van der Waals surface area contributed by atoms with Crippen LogP contribution in [0.1, 0.15) is 0 Å². The molecule has 0 aliphatic heterocycles. The molecule has 0 amide bonds. The third-order valence-corrected chi connectivity index (χ3v) is 15.2. The first-order valence-corrected chi connectivity index (χ1v) is 24.8. The van der Waals surface area contributed by atoms with Crippen LogP contribution in [-0.2, 0) is 0 Å². The summed E-state index contributed by atoms with van der Waals surface area (Å²) in [4.78, 5) is 0. The number of hydrogen-bond acceptors (Lipinski definition) is 1. The number of fused-ring (bicyclic) bond motifs is 10. The SMILES string of the molecule is c1ccc(-c2ccc3c(c2)c2cc(-c4ccccc4)ccc2n3-c2c3ccccc3c(-c3cccc4oc5c(-c6c7ccccc7c(-c7ccccc7)c7ccccc67)cccc5c34)c3ccccc23)cc1. The summed E-state index contributed by atoms with van der Waals surface area (Å²) in [6.07, 6.45) is 0. The van der Waals surface area contributed by atoms with E-state index in [4.69, 9.17) is 4.42 Å². The molecule has 0 atom stereocenters. The normalized spacial score (nSPS) is 11.9. The molecule has 0 unspecified atom stereocenters. The van der Waals surface area contributed by atoms with Crippen LogP contribution < -0.4 is 0 Å². The molecule has 2 heteroatoms. The monoisotopic (exact) mass is 913 g/mol. The lowest BCUT2D eigenvalue weighted by molar-refractivity contribution is 0.670. The van der Waals surface area contributed by atoms with Gasteiger partial charge in [0.15, 0.2) is 0 Å². The molecular weight excluding hydrogens is 871 g/mol. The molecule has 0 bridgehead atoms. The highest BCUT2D eigenvalue weighted by molar-refractivity contribution is 6.28. The Bertz CT molecular complexity index is 4450. The number of aromatic nitrogens is 1. The first-order valence-electron chi connectivity index (χ1n) is 24.8. The van der Waals surface area contributed by atoms with Gasteiger partial charge in [0.25, 0.3) is 0 Å². The van der Waals surface area contributed by atoms with Crippen molar-refractivity contribution >= 4 is 86.8 Å². The van der Waals surface area contributed by atoms with E-state index in [2.05, 4.69) is 265 Å². The van der Waals surface area contributed by atoms with Gasteiger partial charge in [0.2, 0.25) is 0 Å². The van der Waals surface area contributed by atoms with Crippen LogP contribution in [0.25, 0.3) is 148 Å². The van der Waals surface area contributed by atoms with E-state index in [-0.39, 0.29) is 0 Å². The van der Waals surface area contributed by atoms with E-state index in [1.54, 1.807) is 0 Å². The molecule has 0 spiro atoms. The van der Waals surface area contributed by atoms with E-state index in [0.717, 1.165) is 33.1 Å². The van der Waals surface area contributed by atoms with E-state index in [1.807, 2.05) is 0 Å². The minimum Gasteiger partial charge on any atom is -0.455 e. The number of para-hydroxylation sites is 1. The van der Waals surface area contributed by atoms with Gasteiger partial charge < -0.3 is 8.98 Å². The maximum atomic E-state index is 7.20. The summed E-state index contributed by atoms with van der Waals surface area (Å²) in [5, 5.41) is 14.3. The van der Waals surface area contributed by atoms with Crippen LogP contribution in [0, 0.1) is 0 Å². The lowest BCUT2D eigenvalue weighted by Gasteiger charge is -2.20. The smallest absolute Gasteiger partial charge is 0.143 e. The van der Waals surface area contributed by atoms with Gasteiger partial charge in [-0.2, -0.15) is 0 Å². The highest BCUT2D eigenvalue weighted by atomic mass is 16.3. The first kappa shape index (κ1) is 40.4. The molecule has 0 fully saturated rings. The van der Waals surface area contributed by atoms with Crippen LogP contribution >= 0.6 is 0 Å². The predicted octanol–water partition coefficient (Wildman–Crippen LogP) is 19.6. The molecule has 0 saturated carbocycles. The van der Waals surface area contributed by atoms with E-state index < -0.39 is 0 Å². The summed E-state index contributed by atoms with van der Waals surface area (Å²) >= 11 is 0. The van der Waals surface area contributed by atoms with Crippen LogP contribution in [0.2, 0.25) is 0 Å². The Morgan fingerprint density at radius 2 is 0.639 bits per heavy atom. The van der Waals surface area contributed by atoms with Gasteiger partial charge in [-0.3, -0.25) is 0 Å². The largest absolute Gasteiger partial charge is 0.455 e. The van der Waals surface area contributed by atoms with E-state index in [9.17, 15) is 0 Å². The lowest BCUT2D eigenvalue weighted by Crippen LogP contribution is -1.99. The van der Waals surface area contributed by atoms with Crippen LogP contribution in [0.5, 0.6) is 0 Å². The van der Waals surface area contributed by atoms with Crippen molar-refractivity contribution in [3.63, 3.8) is 0 Å². The van der Waals surface area contributed by atoms with Crippen molar-refractivity contribution in [3.05, 3.63) is 261 Å². The van der Waals surface area contributed by atoms with E-state index in [1.165, 1.54) is 115 Å². The highest BCUT2D eigenvalue weighted by Crippen LogP contribution is 2.50. The molecular formula is C70H43NO. The Hall–Kier alpha value is -9.50. The first-order chi connectivity index (χ1) is 35.8. The van der Waals surface area contributed by atoms with Gasteiger partial charge >= 0.3 is 0 Å². The topological polar surface area (TPSA) is 18.1 Å². The third-order valence-electron chi connectivity index (χ3n) is 15.2. The molecule has 2 nitrogen and oxygen atoms in total. The van der Waals surface area contributed by atoms with E-state index in [0.29, 0.717) is 0 Å². The fraction of sp³-hybridized carbons (Fsp3) is 0. The van der Waals surface area contributed by atoms with Gasteiger partial charge in [-0.1, -0.05) is 231 Å². The number of rotatable bonds is 6. The molecule has 0 N–H and O–H groups in total. The highest BCUT2D eigenvalue weighted by Gasteiger charge is 2.25.